The Balaban J connectivity index is 1.86. The van der Waals surface area contributed by atoms with Gasteiger partial charge in [-0.3, -0.25) is 36.9 Å². The molecule has 0 spiro atoms. The van der Waals surface area contributed by atoms with E-state index in [2.05, 4.69) is 168 Å². The number of carbonyl (C=O) groups is 2. The zero-order valence-electron chi connectivity index (χ0n) is 73.5. The highest BCUT2D eigenvalue weighted by atomic mass is 31.3. The number of nitrogens with one attached hydrogen (secondary N) is 2. The van der Waals surface area contributed by atoms with Crippen molar-refractivity contribution in [3.8, 4) is 0 Å². The molecule has 2 aliphatic heterocycles. The number of hydrogen-bond acceptors (Lipinski definition) is 34. The molecule has 2 saturated heterocycles. The molecule has 2 heterocycles. The van der Waals surface area contributed by atoms with E-state index in [1.807, 2.05) is 6.92 Å². The third-order valence-corrected chi connectivity index (χ3v) is 24.9. The maximum absolute atomic E-state index is 13.2. The van der Waals surface area contributed by atoms with Crippen LogP contribution >= 0.6 is 39.1 Å². The van der Waals surface area contributed by atoms with E-state index >= 15 is 0 Å². The molecule has 0 saturated carbocycles. The summed E-state index contributed by atoms with van der Waals surface area (Å²) in [6.07, 6.45) is 17.2. The Morgan fingerprint density at radius 2 is 0.659 bits per heavy atom. The average molecular weight is 1850 g/mol. The molecule has 41 heteroatoms. The smallest absolute Gasteiger partial charge is 0.276 e. The minimum atomic E-state index is -6.14. The second-order valence-electron chi connectivity index (χ2n) is 31.5. The third kappa shape index (κ3) is 52.0. The Morgan fingerprint density at radius 1 is 0.366 bits per heavy atom. The lowest BCUT2D eigenvalue weighted by atomic mass is 9.94. The molecule has 0 radical (unpaired) electrons. The maximum Gasteiger partial charge on any atom is 0.276 e. The lowest BCUT2D eigenvalue weighted by Crippen LogP contribution is -2.69. The van der Waals surface area contributed by atoms with E-state index in [4.69, 9.17) is 32.9 Å². The fourth-order valence-corrected chi connectivity index (χ4v) is 16.9. The molecule has 5 unspecified atom stereocenters. The molecule has 20 atom stereocenters. The van der Waals surface area contributed by atoms with E-state index in [0.29, 0.717) is 18.4 Å². The Hall–Kier alpha value is -3.85. The third-order valence-electron chi connectivity index (χ3n) is 19.5. The van der Waals surface area contributed by atoms with Crippen LogP contribution < -0.4 is 35.1 Å². The predicted octanol–water partition coefficient (Wildman–Crippen LogP) is 8.43. The zero-order valence-corrected chi connectivity index (χ0v) is 78.0. The molecule has 0 aromatic carbocycles. The molecule has 0 bridgehead atoms. The first kappa shape index (κ1) is 115. The summed E-state index contributed by atoms with van der Waals surface area (Å²) < 4.78 is 121. The molecular formula is C82H138N2O34P5-5. The fraction of sp³-hybridized carbons (Fsp3) is 0.707. The predicted molar refractivity (Wildman–Crippen MR) is 451 cm³/mol. The van der Waals surface area contributed by atoms with Gasteiger partial charge in [0.2, 0.25) is 11.8 Å². The number of allylic oxidation sites excluding steroid dienone is 21. The van der Waals surface area contributed by atoms with E-state index in [0.717, 1.165) is 135 Å². The first-order valence-corrected chi connectivity index (χ1v) is 48.6. The average Bonchev–Trinajstić information content (AvgIpc) is 0.768. The van der Waals surface area contributed by atoms with Crippen LogP contribution in [0, 0.1) is 0 Å². The second kappa shape index (κ2) is 60.2. The number of carbonyl (C=O) groups excluding carboxylic acids is 2. The van der Waals surface area contributed by atoms with Gasteiger partial charge in [-0.25, -0.2) is 4.31 Å². The van der Waals surface area contributed by atoms with Crippen LogP contribution in [0.1, 0.15) is 225 Å². The van der Waals surface area contributed by atoms with Gasteiger partial charge in [0.25, 0.3) is 39.1 Å². The van der Waals surface area contributed by atoms with Crippen LogP contribution in [-0.2, 0) is 87.1 Å². The lowest BCUT2D eigenvalue weighted by molar-refractivity contribution is -0.333. The Labute approximate surface area is 725 Å². The maximum atomic E-state index is 13.2. The topological polar surface area (TPSA) is 572 Å². The normalized spacial score (nSPS) is 24.8. The van der Waals surface area contributed by atoms with Gasteiger partial charge >= 0.3 is 0 Å². The minimum absolute atomic E-state index is 0.493. The fourth-order valence-electron chi connectivity index (χ4n) is 12.3. The van der Waals surface area contributed by atoms with Crippen molar-refractivity contribution in [1.82, 2.24) is 10.6 Å². The number of amides is 2. The van der Waals surface area contributed by atoms with Gasteiger partial charge < -0.3 is 132 Å². The number of aliphatic hydroxyl groups is 10. The highest BCUT2D eigenvalue weighted by Gasteiger charge is 2.54. The Bertz CT molecular complexity index is 3800. The van der Waals surface area contributed by atoms with Crippen molar-refractivity contribution in [3.63, 3.8) is 0 Å². The van der Waals surface area contributed by atoms with Crippen LogP contribution in [0.15, 0.2) is 128 Å². The highest BCUT2D eigenvalue weighted by Crippen LogP contribution is 2.57. The van der Waals surface area contributed by atoms with Crippen LogP contribution in [0.2, 0.25) is 0 Å². The molecule has 36 nitrogen and oxygen atoms in total. The van der Waals surface area contributed by atoms with Crippen LogP contribution in [0.25, 0.3) is 0 Å². The van der Waals surface area contributed by atoms with Gasteiger partial charge in [0.05, 0.1) is 59.5 Å². The summed E-state index contributed by atoms with van der Waals surface area (Å²) in [5.74, 6) is -1.97. The number of hydrogen-bond donors (Lipinski definition) is 12. The van der Waals surface area contributed by atoms with Crippen molar-refractivity contribution in [2.75, 3.05) is 59.5 Å². The zero-order chi connectivity index (χ0) is 92.8. The first-order valence-electron chi connectivity index (χ1n) is 41.3. The van der Waals surface area contributed by atoms with Crippen LogP contribution in [0.5, 0.6) is 0 Å². The Kier molecular flexibility index (Phi) is 56.4. The van der Waals surface area contributed by atoms with Gasteiger partial charge in [0, 0.05) is 13.8 Å². The van der Waals surface area contributed by atoms with Gasteiger partial charge in [-0.05, 0) is 212 Å². The number of aliphatic hydroxyl groups excluding tert-OH is 10. The van der Waals surface area contributed by atoms with Gasteiger partial charge in [-0.1, -0.05) is 128 Å². The molecule has 710 valence electrons. The molecule has 0 aromatic heterocycles. The monoisotopic (exact) mass is 1850 g/mol. The number of phosphoric acid groups is 5. The van der Waals surface area contributed by atoms with E-state index in [-0.39, 0.29) is 0 Å². The van der Waals surface area contributed by atoms with Crippen LogP contribution in [0.4, 0.5) is 0 Å². The summed E-state index contributed by atoms with van der Waals surface area (Å²) >= 11 is 0. The van der Waals surface area contributed by atoms with Gasteiger partial charge in [0.1, 0.15) is 79.2 Å². The number of rotatable bonds is 63. The van der Waals surface area contributed by atoms with E-state index in [9.17, 15) is 103 Å². The van der Waals surface area contributed by atoms with Gasteiger partial charge in [0.15, 0.2) is 12.6 Å². The molecule has 123 heavy (non-hydrogen) atoms. The van der Waals surface area contributed by atoms with Gasteiger partial charge in [-0.2, -0.15) is 0 Å². The summed E-state index contributed by atoms with van der Waals surface area (Å²) in [6.45, 7) is 17.2. The first-order chi connectivity index (χ1) is 57.5. The van der Waals surface area contributed by atoms with Crippen molar-refractivity contribution in [3.05, 3.63) is 128 Å². The van der Waals surface area contributed by atoms with E-state index in [1.165, 1.54) is 56.2 Å². The van der Waals surface area contributed by atoms with E-state index < -0.39 is 202 Å². The molecular weight excluding hydrogens is 1710 g/mol. The summed E-state index contributed by atoms with van der Waals surface area (Å²) in [4.78, 5) is 88.4. The largest absolute Gasteiger partial charge is 0.756 e. The Morgan fingerprint density at radius 3 is 0.984 bits per heavy atom. The molecule has 12 N–H and O–H groups in total. The highest BCUT2D eigenvalue weighted by molar-refractivity contribution is 7.59. The summed E-state index contributed by atoms with van der Waals surface area (Å²) in [5.41, 5.74) is 14.7. The number of phosphoric ester groups is 5. The van der Waals surface area contributed by atoms with E-state index in [1.54, 1.807) is 6.92 Å². The lowest BCUT2D eigenvalue weighted by Gasteiger charge is -2.49. The summed E-state index contributed by atoms with van der Waals surface area (Å²) in [6, 6.07) is -4.04. The van der Waals surface area contributed by atoms with Crippen LogP contribution in [-0.4, -0.2) is 214 Å². The second-order valence-corrected chi connectivity index (χ2v) is 38.6. The van der Waals surface area contributed by atoms with Gasteiger partial charge in [-0.15, -0.1) is 0 Å². The van der Waals surface area contributed by atoms with Crippen molar-refractivity contribution in [2.24, 2.45) is 0 Å². The molecule has 2 aliphatic rings. The summed E-state index contributed by atoms with van der Waals surface area (Å²) in [7, 11) is -28.6. The summed E-state index contributed by atoms with van der Waals surface area (Å²) in [5, 5.41) is 106. The molecule has 0 aromatic rings. The van der Waals surface area contributed by atoms with Crippen molar-refractivity contribution < 1.29 is 163 Å². The molecule has 0 aliphatic carbocycles. The standard InChI is InChI=1S/C82H143N2O34P5/c1-55(2)25-15-26-56(3)27-16-28-57(4)29-17-30-58(5)31-18-32-59(6)33-19-34-60(7)35-20-36-61(8)37-21-38-62(9)39-22-40-63(10)41-23-42-64(11)43-24-44-65(12)45-46-107-122(103,104)118-123(105,106)117-82-75(84-67(14)89)77(95)79(72(48-86)114-82)115-81-74(83-66(13)88)78(96)80(73(49-87)113-81)116-121(101,102)111-53-69(91)52-109-119(97,98)108-50-68(90)51-110-120(99,100)112-54-71(93)76(94)70(92)47-85/h25,27,29,31,33,35,37,39,41,43,45,68-82,85-87,90-96H,15-24,26,28,30,32,34,36,38,40,42,44,46-54H2,1-14H3,(H,83,88)(H,84,89)(H,97,98)(H,99,100)(H,101,102)(H,103,104)(H,105,106)/p-5/b56-27+,57-29+,58-31-,59-33-,60-35-,61-37-,62-39-,63-41-,64-43-,65-45-/t68-,69+,70+,71-,72+,73+,74+,75+,76+,77+,78+,79+,80+,81-,82+/m0/s1. The molecule has 2 fully saturated rings. The number of ether oxygens (including phenoxy) is 3. The van der Waals surface area contributed by atoms with Crippen molar-refractivity contribution >= 4 is 50.9 Å². The van der Waals surface area contributed by atoms with Crippen molar-refractivity contribution in [2.45, 2.75) is 317 Å². The van der Waals surface area contributed by atoms with Crippen molar-refractivity contribution in [1.29, 1.82) is 0 Å². The molecule has 2 amide bonds. The minimum Gasteiger partial charge on any atom is -0.756 e. The van der Waals surface area contributed by atoms with Crippen LogP contribution in [0.3, 0.4) is 0 Å². The SMILES string of the molecule is CC(=O)N[C@H]1[C@@H](OP(=O)([O-])OP(=O)([O-])OC/C=C(/C)CC/C=C(/C)CC/C=C(/C)CC/C=C(/C)CC/C=C(/C)CC/C=C(/C)CC/C=C(/C)CC/C=C(/C)CC/C=C(\C)CC/C=C(\C)CCC=C(C)C)O[C@H](CO)[C@@H](O[C@@H]2O[C@H](CO)[C@@H](OP(=O)([O-])OC[C@H](O)COP(=O)([O-])OC[C@H](O)COP(=O)([O-])OC[C@H](O)[C@H](O)[C@H](O)CO)[C@H](O)[C@H]2NC(C)=O)[C@@H]1O. The molecule has 2 rings (SSSR count). The quantitative estimate of drug-likeness (QED) is 0.0201.